The van der Waals surface area contributed by atoms with Crippen LogP contribution in [0.4, 0.5) is 5.69 Å². The Bertz CT molecular complexity index is 1450. The van der Waals surface area contributed by atoms with Crippen molar-refractivity contribution in [3.05, 3.63) is 60.5 Å². The summed E-state index contributed by atoms with van der Waals surface area (Å²) in [6.07, 6.45) is 1.36. The minimum atomic E-state index is -3.54. The Morgan fingerprint density at radius 1 is 1.14 bits per heavy atom. The standard InChI is InChI=1S/C24H28Br2ClN5O3S/c1-4-36(34,35)21-6-5-16(27)11-20(21)29-32-14-28-23-17(24(32)33)12-19(25)18(22(23)26)13-30-7-9-31(10-8-30)15(2)3/h5-6,11-12,14-15,29H,4,7-10,13H2,1-3H3. The molecular formula is C24H28Br2ClN5O3S. The van der Waals surface area contributed by atoms with Gasteiger partial charge in [0.25, 0.3) is 5.56 Å². The summed E-state index contributed by atoms with van der Waals surface area (Å²) >= 11 is 13.5. The van der Waals surface area contributed by atoms with Crippen LogP contribution in [0.5, 0.6) is 0 Å². The number of aromatic nitrogens is 2. The fourth-order valence-corrected chi connectivity index (χ4v) is 6.94. The van der Waals surface area contributed by atoms with Crippen LogP contribution in [0, 0.1) is 0 Å². The molecule has 2 heterocycles. The quantitative estimate of drug-likeness (QED) is 0.391. The number of hydrogen-bond acceptors (Lipinski definition) is 7. The molecule has 0 unspecified atom stereocenters. The Kier molecular flexibility index (Phi) is 8.48. The summed E-state index contributed by atoms with van der Waals surface area (Å²) in [5, 5.41) is 0.734. The Hall–Kier alpha value is -1.50. The number of anilines is 1. The lowest BCUT2D eigenvalue weighted by atomic mass is 10.1. The minimum absolute atomic E-state index is 0.0664. The lowest BCUT2D eigenvalue weighted by molar-refractivity contribution is 0.104. The van der Waals surface area contributed by atoms with Crippen molar-refractivity contribution in [2.45, 2.75) is 38.3 Å². The van der Waals surface area contributed by atoms with Crippen molar-refractivity contribution in [3.8, 4) is 0 Å². The van der Waals surface area contributed by atoms with Crippen LogP contribution in [-0.4, -0.2) is 65.9 Å². The second kappa shape index (κ2) is 11.1. The highest BCUT2D eigenvalue weighted by molar-refractivity contribution is 9.11. The fraction of sp³-hybridized carbons (Fsp3) is 0.417. The third-order valence-corrected chi connectivity index (χ3v) is 10.0. The molecule has 1 fully saturated rings. The molecule has 0 radical (unpaired) electrons. The van der Waals surface area contributed by atoms with Crippen LogP contribution in [0.25, 0.3) is 10.9 Å². The zero-order valence-electron chi connectivity index (χ0n) is 20.3. The molecule has 0 amide bonds. The van der Waals surface area contributed by atoms with Crippen LogP contribution < -0.4 is 11.0 Å². The van der Waals surface area contributed by atoms with Crippen LogP contribution >= 0.6 is 43.5 Å². The van der Waals surface area contributed by atoms with Crippen LogP contribution in [0.1, 0.15) is 26.3 Å². The van der Waals surface area contributed by atoms with Gasteiger partial charge in [-0.3, -0.25) is 20.0 Å². The average Bonchev–Trinajstić information content (AvgIpc) is 2.84. The Balaban J connectivity index is 1.67. The molecule has 1 aliphatic rings. The number of nitrogens with zero attached hydrogens (tertiary/aromatic N) is 4. The van der Waals surface area contributed by atoms with Crippen molar-refractivity contribution in [1.82, 2.24) is 19.5 Å². The molecule has 1 aliphatic heterocycles. The van der Waals surface area contributed by atoms with E-state index in [1.165, 1.54) is 29.2 Å². The molecule has 1 saturated heterocycles. The summed E-state index contributed by atoms with van der Waals surface area (Å²) in [7, 11) is -3.54. The maximum Gasteiger partial charge on any atom is 0.280 e. The molecular weight excluding hydrogens is 634 g/mol. The number of nitrogens with one attached hydrogen (secondary N) is 1. The van der Waals surface area contributed by atoms with E-state index in [1.54, 1.807) is 13.0 Å². The van der Waals surface area contributed by atoms with Gasteiger partial charge in [-0.15, -0.1) is 0 Å². The van der Waals surface area contributed by atoms with Gasteiger partial charge in [0, 0.05) is 52.7 Å². The van der Waals surface area contributed by atoms with Crippen molar-refractivity contribution >= 4 is 69.9 Å². The van der Waals surface area contributed by atoms with Gasteiger partial charge < -0.3 is 0 Å². The average molecular weight is 662 g/mol. The minimum Gasteiger partial charge on any atom is -0.298 e. The van der Waals surface area contributed by atoms with Crippen LogP contribution in [0.2, 0.25) is 5.02 Å². The monoisotopic (exact) mass is 659 g/mol. The predicted octanol–water partition coefficient (Wildman–Crippen LogP) is 4.77. The normalized spacial score (nSPS) is 15.6. The lowest BCUT2D eigenvalue weighted by Gasteiger charge is -2.37. The molecule has 1 N–H and O–H groups in total. The Morgan fingerprint density at radius 3 is 2.47 bits per heavy atom. The Labute approximate surface area is 232 Å². The molecule has 194 valence electrons. The third-order valence-electron chi connectivity index (χ3n) is 6.46. The molecule has 1 aromatic heterocycles. The van der Waals surface area contributed by atoms with Gasteiger partial charge in [0.2, 0.25) is 0 Å². The van der Waals surface area contributed by atoms with E-state index in [-0.39, 0.29) is 21.9 Å². The molecule has 3 aromatic rings. The molecule has 0 atom stereocenters. The second-order valence-electron chi connectivity index (χ2n) is 9.03. The number of fused-ring (bicyclic) bond motifs is 1. The summed E-state index contributed by atoms with van der Waals surface area (Å²) in [4.78, 5) is 22.8. The van der Waals surface area contributed by atoms with Gasteiger partial charge in [-0.25, -0.2) is 18.1 Å². The number of piperazine rings is 1. The van der Waals surface area contributed by atoms with Gasteiger partial charge in [0.15, 0.2) is 9.84 Å². The highest BCUT2D eigenvalue weighted by Crippen LogP contribution is 2.33. The maximum atomic E-state index is 13.4. The predicted molar refractivity (Wildman–Crippen MR) is 152 cm³/mol. The molecule has 36 heavy (non-hydrogen) atoms. The third kappa shape index (κ3) is 5.66. The Morgan fingerprint density at radius 2 is 1.83 bits per heavy atom. The number of halogens is 3. The first-order chi connectivity index (χ1) is 17.0. The molecule has 0 saturated carbocycles. The zero-order valence-corrected chi connectivity index (χ0v) is 25.0. The van der Waals surface area contributed by atoms with Gasteiger partial charge in [-0.2, -0.15) is 0 Å². The summed E-state index contributed by atoms with van der Waals surface area (Å²) in [6.45, 7) is 10.7. The zero-order chi connectivity index (χ0) is 26.2. The van der Waals surface area contributed by atoms with Gasteiger partial charge in [-0.05, 0) is 59.6 Å². The maximum absolute atomic E-state index is 13.4. The molecule has 8 nitrogen and oxygen atoms in total. The van der Waals surface area contributed by atoms with E-state index in [1.807, 2.05) is 0 Å². The van der Waals surface area contributed by atoms with Crippen molar-refractivity contribution in [2.75, 3.05) is 37.4 Å². The van der Waals surface area contributed by atoms with E-state index in [9.17, 15) is 13.2 Å². The summed E-state index contributed by atoms with van der Waals surface area (Å²) in [5.41, 5.74) is 4.31. The summed E-state index contributed by atoms with van der Waals surface area (Å²) < 4.78 is 27.9. The highest BCUT2D eigenvalue weighted by atomic mass is 79.9. The number of benzene rings is 2. The van der Waals surface area contributed by atoms with Crippen molar-refractivity contribution < 1.29 is 8.42 Å². The van der Waals surface area contributed by atoms with Gasteiger partial charge in [-0.1, -0.05) is 34.5 Å². The van der Waals surface area contributed by atoms with E-state index < -0.39 is 9.84 Å². The van der Waals surface area contributed by atoms with Crippen molar-refractivity contribution in [3.63, 3.8) is 0 Å². The SMILES string of the molecule is CCS(=O)(=O)c1ccc(Cl)cc1Nn1cnc2c(Br)c(CN3CCN(C(C)C)CC3)c(Br)cc2c1=O. The van der Waals surface area contributed by atoms with Crippen molar-refractivity contribution in [1.29, 1.82) is 0 Å². The number of hydrogen-bond donors (Lipinski definition) is 1. The fourth-order valence-electron chi connectivity index (χ4n) is 4.27. The van der Waals surface area contributed by atoms with Crippen LogP contribution in [0.3, 0.4) is 0 Å². The molecule has 12 heteroatoms. The first kappa shape index (κ1) is 27.5. The molecule has 0 spiro atoms. The molecule has 2 aromatic carbocycles. The van der Waals surface area contributed by atoms with Gasteiger partial charge >= 0.3 is 0 Å². The first-order valence-electron chi connectivity index (χ1n) is 11.7. The van der Waals surface area contributed by atoms with E-state index >= 15 is 0 Å². The number of sulfone groups is 1. The molecule has 0 aliphatic carbocycles. The summed E-state index contributed by atoms with van der Waals surface area (Å²) in [6, 6.07) is 6.73. The summed E-state index contributed by atoms with van der Waals surface area (Å²) in [5.74, 6) is -0.0800. The first-order valence-corrected chi connectivity index (χ1v) is 15.3. The van der Waals surface area contributed by atoms with Crippen molar-refractivity contribution in [2.24, 2.45) is 0 Å². The largest absolute Gasteiger partial charge is 0.298 e. The highest BCUT2D eigenvalue weighted by Gasteiger charge is 2.23. The molecule has 4 rings (SSSR count). The van der Waals surface area contributed by atoms with Gasteiger partial charge in [0.1, 0.15) is 6.33 Å². The van der Waals surface area contributed by atoms with E-state index in [2.05, 4.69) is 65.9 Å². The van der Waals surface area contributed by atoms with E-state index in [4.69, 9.17) is 11.6 Å². The van der Waals surface area contributed by atoms with Gasteiger partial charge in [0.05, 0.1) is 27.2 Å². The van der Waals surface area contributed by atoms with E-state index in [0.717, 1.165) is 47.2 Å². The molecule has 0 bridgehead atoms. The topological polar surface area (TPSA) is 87.5 Å². The van der Waals surface area contributed by atoms with Crippen LogP contribution in [0.15, 0.2) is 49.2 Å². The van der Waals surface area contributed by atoms with Crippen LogP contribution in [-0.2, 0) is 16.4 Å². The lowest BCUT2D eigenvalue weighted by Crippen LogP contribution is -2.48. The number of rotatable bonds is 7. The van der Waals surface area contributed by atoms with E-state index in [0.29, 0.717) is 22.0 Å². The smallest absolute Gasteiger partial charge is 0.280 e. The second-order valence-corrected chi connectivity index (χ2v) is 13.4.